The van der Waals surface area contributed by atoms with Crippen LogP contribution in [0.5, 0.6) is 0 Å². The third kappa shape index (κ3) is 3.76. The normalized spacial score (nSPS) is 16.7. The molecule has 0 N–H and O–H groups in total. The standard InChI is InChI=1S/C15H19BrClN3S/c16-12-1-2-13-14(11-12)20(15(18-13)3-4-17)6-5-19-7-9-21-10-8-19/h1-2,11H,3-10H2. The average molecular weight is 389 g/mol. The summed E-state index contributed by atoms with van der Waals surface area (Å²) < 4.78 is 3.44. The van der Waals surface area contributed by atoms with Crippen molar-refractivity contribution in [1.29, 1.82) is 0 Å². The van der Waals surface area contributed by atoms with Crippen LogP contribution in [0.25, 0.3) is 11.0 Å². The van der Waals surface area contributed by atoms with Gasteiger partial charge in [-0.1, -0.05) is 15.9 Å². The second kappa shape index (κ2) is 7.36. The van der Waals surface area contributed by atoms with Crippen LogP contribution < -0.4 is 0 Å². The van der Waals surface area contributed by atoms with Crippen LogP contribution in [-0.2, 0) is 13.0 Å². The molecule has 0 saturated carbocycles. The van der Waals surface area contributed by atoms with Crippen molar-refractivity contribution >= 4 is 50.3 Å². The van der Waals surface area contributed by atoms with Crippen LogP contribution in [0.15, 0.2) is 22.7 Å². The molecule has 2 heterocycles. The Morgan fingerprint density at radius 1 is 1.24 bits per heavy atom. The Kier molecular flexibility index (Phi) is 5.49. The molecule has 1 aromatic heterocycles. The van der Waals surface area contributed by atoms with Gasteiger partial charge in [0.05, 0.1) is 11.0 Å². The predicted molar refractivity (Wildman–Crippen MR) is 95.6 cm³/mol. The Balaban J connectivity index is 1.83. The smallest absolute Gasteiger partial charge is 0.111 e. The van der Waals surface area contributed by atoms with E-state index in [2.05, 4.69) is 49.3 Å². The maximum atomic E-state index is 5.94. The van der Waals surface area contributed by atoms with Crippen molar-refractivity contribution in [3.05, 3.63) is 28.5 Å². The molecule has 3 rings (SSSR count). The second-order valence-corrected chi connectivity index (χ2v) is 7.72. The molecule has 0 radical (unpaired) electrons. The Morgan fingerprint density at radius 3 is 2.81 bits per heavy atom. The molecule has 1 aromatic carbocycles. The fourth-order valence-electron chi connectivity index (χ4n) is 2.74. The number of hydrogen-bond acceptors (Lipinski definition) is 3. The topological polar surface area (TPSA) is 21.1 Å². The highest BCUT2D eigenvalue weighted by Crippen LogP contribution is 2.22. The van der Waals surface area contributed by atoms with Crippen molar-refractivity contribution in [2.75, 3.05) is 37.0 Å². The Labute approximate surface area is 143 Å². The number of aromatic nitrogens is 2. The molecule has 1 aliphatic heterocycles. The molecule has 2 aromatic rings. The van der Waals surface area contributed by atoms with Crippen LogP contribution in [0.2, 0.25) is 0 Å². The SMILES string of the molecule is ClCCc1nc2ccc(Br)cc2n1CCN1CCSCC1. The minimum absolute atomic E-state index is 0.616. The number of alkyl halides is 1. The lowest BCUT2D eigenvalue weighted by atomic mass is 10.3. The van der Waals surface area contributed by atoms with E-state index in [4.69, 9.17) is 16.6 Å². The van der Waals surface area contributed by atoms with Crippen LogP contribution in [0, 0.1) is 0 Å². The lowest BCUT2D eigenvalue weighted by Crippen LogP contribution is -2.35. The van der Waals surface area contributed by atoms with E-state index < -0.39 is 0 Å². The minimum Gasteiger partial charge on any atom is -0.327 e. The second-order valence-electron chi connectivity index (χ2n) is 5.21. The summed E-state index contributed by atoms with van der Waals surface area (Å²) in [4.78, 5) is 7.29. The summed E-state index contributed by atoms with van der Waals surface area (Å²) in [5.41, 5.74) is 2.27. The van der Waals surface area contributed by atoms with Crippen molar-refractivity contribution in [2.45, 2.75) is 13.0 Å². The minimum atomic E-state index is 0.616. The molecule has 21 heavy (non-hydrogen) atoms. The van der Waals surface area contributed by atoms with Crippen LogP contribution >= 0.6 is 39.3 Å². The summed E-state index contributed by atoms with van der Waals surface area (Å²) in [5, 5.41) is 0. The Hall–Kier alpha value is -0.230. The molecule has 0 unspecified atom stereocenters. The van der Waals surface area contributed by atoms with Crippen molar-refractivity contribution in [2.24, 2.45) is 0 Å². The third-order valence-corrected chi connectivity index (χ3v) is 5.48. The number of thioether (sulfide) groups is 1. The first-order chi connectivity index (χ1) is 10.3. The van der Waals surface area contributed by atoms with Gasteiger partial charge in [0.1, 0.15) is 5.82 Å². The number of aryl methyl sites for hydroxylation is 1. The van der Waals surface area contributed by atoms with E-state index in [0.29, 0.717) is 5.88 Å². The highest BCUT2D eigenvalue weighted by atomic mass is 79.9. The van der Waals surface area contributed by atoms with E-state index in [1.54, 1.807) is 0 Å². The molecule has 1 aliphatic rings. The average Bonchev–Trinajstić information content (AvgIpc) is 2.83. The summed E-state index contributed by atoms with van der Waals surface area (Å²) in [5.74, 6) is 4.23. The molecule has 1 fully saturated rings. The zero-order valence-corrected chi connectivity index (χ0v) is 15.1. The predicted octanol–water partition coefficient (Wildman–Crippen LogP) is 3.63. The largest absolute Gasteiger partial charge is 0.327 e. The monoisotopic (exact) mass is 387 g/mol. The maximum absolute atomic E-state index is 5.94. The first-order valence-electron chi connectivity index (χ1n) is 7.28. The zero-order valence-electron chi connectivity index (χ0n) is 11.9. The lowest BCUT2D eigenvalue weighted by Gasteiger charge is -2.26. The summed E-state index contributed by atoms with van der Waals surface area (Å²) >= 11 is 11.6. The molecule has 0 bridgehead atoms. The van der Waals surface area contributed by atoms with Gasteiger partial charge in [0.15, 0.2) is 0 Å². The number of imidazole rings is 1. The highest BCUT2D eigenvalue weighted by molar-refractivity contribution is 9.10. The summed E-state index contributed by atoms with van der Waals surface area (Å²) in [6.07, 6.45) is 0.823. The quantitative estimate of drug-likeness (QED) is 0.730. The van der Waals surface area contributed by atoms with Crippen molar-refractivity contribution in [1.82, 2.24) is 14.5 Å². The summed E-state index contributed by atoms with van der Waals surface area (Å²) in [6.45, 7) is 4.48. The van der Waals surface area contributed by atoms with Gasteiger partial charge >= 0.3 is 0 Å². The number of nitrogens with zero attached hydrogens (tertiary/aromatic N) is 3. The van der Waals surface area contributed by atoms with Crippen LogP contribution in [0.3, 0.4) is 0 Å². The van der Waals surface area contributed by atoms with Crippen LogP contribution in [-0.4, -0.2) is 51.5 Å². The fourth-order valence-corrected chi connectivity index (χ4v) is 4.23. The molecule has 0 atom stereocenters. The van der Waals surface area contributed by atoms with Gasteiger partial charge in [0.2, 0.25) is 0 Å². The molecule has 0 spiro atoms. The summed E-state index contributed by atoms with van der Waals surface area (Å²) in [6, 6.07) is 6.28. The van der Waals surface area contributed by atoms with Crippen LogP contribution in [0.4, 0.5) is 0 Å². The van der Waals surface area contributed by atoms with E-state index in [-0.39, 0.29) is 0 Å². The van der Waals surface area contributed by atoms with Gasteiger partial charge in [0, 0.05) is 54.5 Å². The van der Waals surface area contributed by atoms with Gasteiger partial charge in [0.25, 0.3) is 0 Å². The van der Waals surface area contributed by atoms with E-state index in [0.717, 1.165) is 35.3 Å². The first-order valence-corrected chi connectivity index (χ1v) is 9.77. The molecule has 0 aliphatic carbocycles. The van der Waals surface area contributed by atoms with Gasteiger partial charge in [-0.15, -0.1) is 11.6 Å². The van der Waals surface area contributed by atoms with Gasteiger partial charge in [-0.25, -0.2) is 4.98 Å². The van der Waals surface area contributed by atoms with Crippen molar-refractivity contribution in [3.63, 3.8) is 0 Å². The Morgan fingerprint density at radius 2 is 2.05 bits per heavy atom. The number of halogens is 2. The van der Waals surface area contributed by atoms with Gasteiger partial charge < -0.3 is 4.57 Å². The van der Waals surface area contributed by atoms with E-state index in [9.17, 15) is 0 Å². The first kappa shape index (κ1) is 15.7. The van der Waals surface area contributed by atoms with Crippen molar-refractivity contribution in [3.8, 4) is 0 Å². The molecular weight excluding hydrogens is 370 g/mol. The van der Waals surface area contributed by atoms with Crippen molar-refractivity contribution < 1.29 is 0 Å². The van der Waals surface area contributed by atoms with Crippen LogP contribution in [0.1, 0.15) is 5.82 Å². The molecule has 1 saturated heterocycles. The number of hydrogen-bond donors (Lipinski definition) is 0. The molecule has 6 heteroatoms. The Bertz CT molecular complexity index is 610. The van der Waals surface area contributed by atoms with Gasteiger partial charge in [-0.2, -0.15) is 11.8 Å². The molecular formula is C15H19BrClN3S. The molecule has 3 nitrogen and oxygen atoms in total. The lowest BCUT2D eigenvalue weighted by molar-refractivity contribution is 0.289. The fraction of sp³-hybridized carbons (Fsp3) is 0.533. The van der Waals surface area contributed by atoms with E-state index in [1.165, 1.54) is 30.1 Å². The van der Waals surface area contributed by atoms with Gasteiger partial charge in [-0.05, 0) is 18.2 Å². The number of fused-ring (bicyclic) bond motifs is 1. The molecule has 0 amide bonds. The molecule has 114 valence electrons. The maximum Gasteiger partial charge on any atom is 0.111 e. The number of benzene rings is 1. The van der Waals surface area contributed by atoms with E-state index >= 15 is 0 Å². The zero-order chi connectivity index (χ0) is 14.7. The third-order valence-electron chi connectivity index (χ3n) is 3.85. The summed E-state index contributed by atoms with van der Waals surface area (Å²) in [7, 11) is 0. The highest BCUT2D eigenvalue weighted by Gasteiger charge is 2.14. The van der Waals surface area contributed by atoms with Gasteiger partial charge in [-0.3, -0.25) is 4.90 Å². The number of rotatable bonds is 5. The van der Waals surface area contributed by atoms with E-state index in [1.807, 2.05) is 6.07 Å².